The summed E-state index contributed by atoms with van der Waals surface area (Å²) >= 11 is 0. The van der Waals surface area contributed by atoms with Gasteiger partial charge in [-0.1, -0.05) is 24.3 Å². The van der Waals surface area contributed by atoms with Crippen LogP contribution in [0.15, 0.2) is 36.4 Å². The summed E-state index contributed by atoms with van der Waals surface area (Å²) in [5, 5.41) is 3.02. The normalized spacial score (nSPS) is 22.8. The van der Waals surface area contributed by atoms with Gasteiger partial charge in [0, 0.05) is 25.2 Å². The van der Waals surface area contributed by atoms with Crippen LogP contribution >= 0.6 is 0 Å². The molecule has 3 amide bonds. The van der Waals surface area contributed by atoms with Crippen LogP contribution in [0.1, 0.15) is 48.0 Å². The third-order valence-electron chi connectivity index (χ3n) is 5.41. The summed E-state index contributed by atoms with van der Waals surface area (Å²) in [6, 6.07) is 7.29. The average molecular weight is 341 g/mol. The van der Waals surface area contributed by atoms with Crippen molar-refractivity contribution in [2.75, 3.05) is 19.6 Å². The first-order valence-corrected chi connectivity index (χ1v) is 9.15. The van der Waals surface area contributed by atoms with Crippen molar-refractivity contribution < 1.29 is 9.59 Å². The van der Waals surface area contributed by atoms with Crippen LogP contribution in [0.2, 0.25) is 0 Å². The standard InChI is InChI=1S/C20H27N3O2/c21-18(24)17-7-4-6-16(14-17)8-12-22-19(25)23-13-5-11-20(15-23)9-2-1-3-10-20/h1-2,4,6-7,14H,3,5,8-13,15H2,(H2,21,24)(H,22,25). The van der Waals surface area contributed by atoms with Crippen molar-refractivity contribution >= 4 is 11.9 Å². The van der Waals surface area contributed by atoms with Gasteiger partial charge in [-0.3, -0.25) is 4.79 Å². The van der Waals surface area contributed by atoms with Gasteiger partial charge in [0.05, 0.1) is 0 Å². The Morgan fingerprint density at radius 3 is 2.88 bits per heavy atom. The number of piperidine rings is 1. The van der Waals surface area contributed by atoms with Gasteiger partial charge in [-0.2, -0.15) is 0 Å². The highest BCUT2D eigenvalue weighted by Gasteiger charge is 2.36. The maximum atomic E-state index is 12.5. The lowest BCUT2D eigenvalue weighted by Crippen LogP contribution is -2.50. The molecule has 1 aliphatic heterocycles. The number of nitrogens with two attached hydrogens (primary N) is 1. The Balaban J connectivity index is 1.50. The fourth-order valence-electron chi connectivity index (χ4n) is 4.00. The molecule has 25 heavy (non-hydrogen) atoms. The Morgan fingerprint density at radius 2 is 2.12 bits per heavy atom. The number of rotatable bonds is 4. The molecule has 1 atom stereocenters. The Morgan fingerprint density at radius 1 is 1.24 bits per heavy atom. The quantitative estimate of drug-likeness (QED) is 0.826. The molecule has 1 aliphatic carbocycles. The van der Waals surface area contributed by atoms with E-state index in [1.54, 1.807) is 12.1 Å². The first kappa shape index (κ1) is 17.5. The van der Waals surface area contributed by atoms with Crippen molar-refractivity contribution in [2.45, 2.75) is 38.5 Å². The van der Waals surface area contributed by atoms with Crippen molar-refractivity contribution in [3.8, 4) is 0 Å². The molecule has 0 bridgehead atoms. The van der Waals surface area contributed by atoms with E-state index in [1.807, 2.05) is 17.0 Å². The first-order valence-electron chi connectivity index (χ1n) is 9.15. The van der Waals surface area contributed by atoms with Crippen LogP contribution in [0.5, 0.6) is 0 Å². The molecule has 5 heteroatoms. The average Bonchev–Trinajstić information content (AvgIpc) is 2.62. The summed E-state index contributed by atoms with van der Waals surface area (Å²) in [6.07, 6.45) is 10.9. The molecule has 2 aliphatic rings. The summed E-state index contributed by atoms with van der Waals surface area (Å²) in [6.45, 7) is 2.26. The zero-order valence-electron chi connectivity index (χ0n) is 14.7. The molecule has 1 aromatic carbocycles. The lowest BCUT2D eigenvalue weighted by molar-refractivity contribution is 0.0961. The Hall–Kier alpha value is -2.30. The summed E-state index contributed by atoms with van der Waals surface area (Å²) in [5.41, 5.74) is 7.11. The van der Waals surface area contributed by atoms with E-state index in [1.165, 1.54) is 12.8 Å². The molecule has 3 N–H and O–H groups in total. The monoisotopic (exact) mass is 341 g/mol. The number of likely N-dealkylation sites (tertiary alicyclic amines) is 1. The van der Waals surface area contributed by atoms with Gasteiger partial charge in [0.2, 0.25) is 5.91 Å². The second kappa shape index (κ2) is 7.72. The summed E-state index contributed by atoms with van der Waals surface area (Å²) in [4.78, 5) is 25.7. The van der Waals surface area contributed by atoms with Gasteiger partial charge in [0.1, 0.15) is 0 Å². The van der Waals surface area contributed by atoms with E-state index in [9.17, 15) is 9.59 Å². The molecule has 134 valence electrons. The van der Waals surface area contributed by atoms with Gasteiger partial charge in [-0.15, -0.1) is 0 Å². The first-order chi connectivity index (χ1) is 12.1. The van der Waals surface area contributed by atoms with Gasteiger partial charge in [-0.05, 0) is 61.6 Å². The van der Waals surface area contributed by atoms with Crippen LogP contribution < -0.4 is 11.1 Å². The second-order valence-corrected chi connectivity index (χ2v) is 7.29. The van der Waals surface area contributed by atoms with Gasteiger partial charge < -0.3 is 16.0 Å². The molecule has 3 rings (SSSR count). The topological polar surface area (TPSA) is 75.4 Å². The molecule has 1 heterocycles. The predicted octanol–water partition coefficient (Wildman–Crippen LogP) is 2.86. The lowest BCUT2D eigenvalue weighted by Gasteiger charge is -2.43. The maximum absolute atomic E-state index is 12.5. The maximum Gasteiger partial charge on any atom is 0.317 e. The predicted molar refractivity (Wildman–Crippen MR) is 98.3 cm³/mol. The van der Waals surface area contributed by atoms with E-state index in [2.05, 4.69) is 17.5 Å². The van der Waals surface area contributed by atoms with E-state index < -0.39 is 5.91 Å². The molecular weight excluding hydrogens is 314 g/mol. The number of benzene rings is 1. The zero-order chi connectivity index (χ0) is 17.7. The Kier molecular flexibility index (Phi) is 5.41. The van der Waals surface area contributed by atoms with Crippen LogP contribution in [0.25, 0.3) is 0 Å². The number of hydrogen-bond acceptors (Lipinski definition) is 2. The highest BCUT2D eigenvalue weighted by molar-refractivity contribution is 5.92. The van der Waals surface area contributed by atoms with Crippen molar-refractivity contribution in [1.29, 1.82) is 0 Å². The van der Waals surface area contributed by atoms with Crippen LogP contribution in [0, 0.1) is 5.41 Å². The van der Waals surface area contributed by atoms with E-state index in [0.29, 0.717) is 23.9 Å². The Bertz CT molecular complexity index is 671. The molecule has 1 aromatic rings. The number of nitrogens with one attached hydrogen (secondary N) is 1. The molecule has 5 nitrogen and oxygen atoms in total. The summed E-state index contributed by atoms with van der Waals surface area (Å²) in [7, 11) is 0. The van der Waals surface area contributed by atoms with Crippen molar-refractivity contribution in [1.82, 2.24) is 10.2 Å². The fourth-order valence-corrected chi connectivity index (χ4v) is 4.00. The third kappa shape index (κ3) is 4.41. The molecular formula is C20H27N3O2. The minimum Gasteiger partial charge on any atom is -0.366 e. The van der Waals surface area contributed by atoms with Crippen molar-refractivity contribution in [3.63, 3.8) is 0 Å². The smallest absolute Gasteiger partial charge is 0.317 e. The van der Waals surface area contributed by atoms with Crippen LogP contribution in [-0.4, -0.2) is 36.5 Å². The van der Waals surface area contributed by atoms with Crippen LogP contribution in [0.4, 0.5) is 4.79 Å². The zero-order valence-corrected chi connectivity index (χ0v) is 14.7. The number of nitrogens with zero attached hydrogens (tertiary/aromatic N) is 1. The number of primary amides is 1. The van der Waals surface area contributed by atoms with E-state index in [4.69, 9.17) is 5.73 Å². The van der Waals surface area contributed by atoms with E-state index in [-0.39, 0.29) is 6.03 Å². The van der Waals surface area contributed by atoms with Gasteiger partial charge in [-0.25, -0.2) is 4.79 Å². The van der Waals surface area contributed by atoms with Gasteiger partial charge in [0.25, 0.3) is 0 Å². The fraction of sp³-hybridized carbons (Fsp3) is 0.500. The SMILES string of the molecule is NC(=O)c1cccc(CCNC(=O)N2CCCC3(CC=CCC3)C2)c1. The Labute approximate surface area is 149 Å². The molecule has 0 radical (unpaired) electrons. The number of allylic oxidation sites excluding steroid dienone is 2. The second-order valence-electron chi connectivity index (χ2n) is 7.29. The minimum atomic E-state index is -0.425. The van der Waals surface area contributed by atoms with E-state index >= 15 is 0 Å². The van der Waals surface area contributed by atoms with Crippen molar-refractivity contribution in [3.05, 3.63) is 47.5 Å². The van der Waals surface area contributed by atoms with Gasteiger partial charge >= 0.3 is 6.03 Å². The third-order valence-corrected chi connectivity index (χ3v) is 5.41. The van der Waals surface area contributed by atoms with Crippen molar-refractivity contribution in [2.24, 2.45) is 11.1 Å². The molecule has 1 saturated heterocycles. The number of carbonyl (C=O) groups excluding carboxylic acids is 2. The molecule has 0 aromatic heterocycles. The molecule has 0 saturated carbocycles. The number of urea groups is 1. The summed E-state index contributed by atoms with van der Waals surface area (Å²) < 4.78 is 0. The summed E-state index contributed by atoms with van der Waals surface area (Å²) in [5.74, 6) is -0.425. The minimum absolute atomic E-state index is 0.0275. The largest absolute Gasteiger partial charge is 0.366 e. The molecule has 1 unspecified atom stereocenters. The van der Waals surface area contributed by atoms with E-state index in [0.717, 1.165) is 37.9 Å². The highest BCUT2D eigenvalue weighted by Crippen LogP contribution is 2.40. The lowest BCUT2D eigenvalue weighted by atomic mass is 9.71. The number of hydrogen-bond donors (Lipinski definition) is 2. The van der Waals surface area contributed by atoms with Crippen LogP contribution in [0.3, 0.4) is 0 Å². The highest BCUT2D eigenvalue weighted by atomic mass is 16.2. The van der Waals surface area contributed by atoms with Crippen LogP contribution in [-0.2, 0) is 6.42 Å². The van der Waals surface area contributed by atoms with Gasteiger partial charge in [0.15, 0.2) is 0 Å². The molecule has 1 spiro atoms. The number of carbonyl (C=O) groups is 2. The molecule has 1 fully saturated rings. The number of amides is 3.